The molecule has 6 aromatic carbocycles. The van der Waals surface area contributed by atoms with Gasteiger partial charge in [0.1, 0.15) is 24.3 Å². The quantitative estimate of drug-likeness (QED) is 0.0401. The maximum atomic E-state index is 15.0. The number of halogens is 8. The molecule has 2 heterocycles. The number of ether oxygens (including phenoxy) is 1. The van der Waals surface area contributed by atoms with Crippen molar-refractivity contribution in [3.8, 4) is 0 Å². The van der Waals surface area contributed by atoms with E-state index in [1.165, 1.54) is 66.0 Å². The Hall–Kier alpha value is -8.37. The van der Waals surface area contributed by atoms with Crippen LogP contribution in [0.25, 0.3) is 0 Å². The van der Waals surface area contributed by atoms with Crippen molar-refractivity contribution >= 4 is 52.3 Å². The van der Waals surface area contributed by atoms with E-state index in [-0.39, 0.29) is 46.7 Å². The first kappa shape index (κ1) is 67.0. The average Bonchev–Trinajstić information content (AvgIpc) is 0.877. The molecule has 7 N–H and O–H groups in total. The number of amides is 4. The van der Waals surface area contributed by atoms with Crippen molar-refractivity contribution in [3.63, 3.8) is 0 Å². The lowest BCUT2D eigenvalue weighted by Crippen LogP contribution is -2.46. The van der Waals surface area contributed by atoms with Gasteiger partial charge in [-0.15, -0.1) is 0 Å². The summed E-state index contributed by atoms with van der Waals surface area (Å²) in [6.45, 7) is 3.75. The first-order valence-electron chi connectivity index (χ1n) is 30.8. The number of hydrogen-bond donors (Lipinski definition) is 6. The third-order valence-corrected chi connectivity index (χ3v) is 17.6. The number of benzene rings is 6. The Morgan fingerprint density at radius 1 is 0.549 bits per heavy atom. The molecule has 5 atom stereocenters. The Bertz CT molecular complexity index is 3530. The molecule has 2 saturated heterocycles. The van der Waals surface area contributed by atoms with Crippen molar-refractivity contribution < 1.29 is 68.9 Å². The number of piperidine rings is 2. The minimum Gasteiger partial charge on any atom is -0.460 e. The number of carbonyl (C=O) groups excluding carboxylic acids is 5. The largest absolute Gasteiger partial charge is 0.460 e. The minimum absolute atomic E-state index is 0.0671. The van der Waals surface area contributed by atoms with Gasteiger partial charge >= 0.3 is 18.3 Å². The first-order valence-corrected chi connectivity index (χ1v) is 30.8. The molecule has 0 spiro atoms. The van der Waals surface area contributed by atoms with E-state index in [0.29, 0.717) is 60.0 Å². The molecule has 2 aliphatic heterocycles. The summed E-state index contributed by atoms with van der Waals surface area (Å²) >= 11 is 0. The predicted molar refractivity (Wildman–Crippen MR) is 329 cm³/mol. The van der Waals surface area contributed by atoms with Gasteiger partial charge in [-0.2, -0.15) is 26.3 Å². The van der Waals surface area contributed by atoms with Crippen LogP contribution in [0, 0.1) is 37.3 Å². The van der Waals surface area contributed by atoms with Gasteiger partial charge in [0, 0.05) is 53.5 Å². The number of aliphatic hydroxyl groups excluding tert-OH is 1. The fourth-order valence-corrected chi connectivity index (χ4v) is 12.9. The molecule has 484 valence electrons. The van der Waals surface area contributed by atoms with Crippen molar-refractivity contribution in [3.05, 3.63) is 189 Å². The molecule has 2 aliphatic carbocycles. The van der Waals surface area contributed by atoms with Gasteiger partial charge in [-0.3, -0.25) is 24.0 Å². The molecule has 91 heavy (non-hydrogen) atoms. The Morgan fingerprint density at radius 3 is 1.31 bits per heavy atom. The van der Waals surface area contributed by atoms with Crippen LogP contribution in [0.4, 0.5) is 57.9 Å². The zero-order valence-corrected chi connectivity index (χ0v) is 50.8. The van der Waals surface area contributed by atoms with Crippen molar-refractivity contribution in [2.75, 3.05) is 34.4 Å². The molecular formula is C69H75F8N7O7. The number of carbonyl (C=O) groups is 5. The monoisotopic (exact) mass is 1270 g/mol. The Kier molecular flexibility index (Phi) is 21.6. The van der Waals surface area contributed by atoms with E-state index in [1.807, 2.05) is 48.5 Å². The fourth-order valence-electron chi connectivity index (χ4n) is 12.9. The van der Waals surface area contributed by atoms with Crippen LogP contribution in [0.1, 0.15) is 161 Å². The lowest BCUT2D eigenvalue weighted by Gasteiger charge is -2.41. The number of anilines is 4. The zero-order valence-electron chi connectivity index (χ0n) is 50.8. The van der Waals surface area contributed by atoms with Crippen LogP contribution in [-0.4, -0.2) is 75.7 Å². The second-order valence-corrected chi connectivity index (χ2v) is 24.0. The molecule has 10 rings (SSSR count). The topological polar surface area (TPSA) is 195 Å². The van der Waals surface area contributed by atoms with Crippen LogP contribution < -0.4 is 27.0 Å². The zero-order chi connectivity index (χ0) is 65.3. The normalized spacial score (nSPS) is 19.2. The molecule has 0 radical (unpaired) electrons. The van der Waals surface area contributed by atoms with Gasteiger partial charge in [0.25, 0.3) is 11.8 Å². The van der Waals surface area contributed by atoms with E-state index in [2.05, 4.69) is 21.3 Å². The Morgan fingerprint density at radius 2 is 0.934 bits per heavy atom. The lowest BCUT2D eigenvalue weighted by molar-refractivity contribution is -0.148. The van der Waals surface area contributed by atoms with Crippen LogP contribution in [0.15, 0.2) is 121 Å². The van der Waals surface area contributed by atoms with Crippen LogP contribution in [0.2, 0.25) is 0 Å². The van der Waals surface area contributed by atoms with E-state index < -0.39 is 108 Å². The van der Waals surface area contributed by atoms with E-state index in [0.717, 1.165) is 74.2 Å². The molecular weight excluding hydrogens is 1190 g/mol. The molecule has 22 heteroatoms. The highest BCUT2D eigenvalue weighted by Gasteiger charge is 2.44. The molecule has 6 aromatic rings. The number of nitrogens with one attached hydrogen (secondary N) is 4. The van der Waals surface area contributed by atoms with E-state index in [1.54, 1.807) is 26.0 Å². The summed E-state index contributed by atoms with van der Waals surface area (Å²) in [6.07, 6.45) is 1.07. The third kappa shape index (κ3) is 16.2. The van der Waals surface area contributed by atoms with Crippen molar-refractivity contribution in [1.29, 1.82) is 0 Å². The number of likely N-dealkylation sites (tertiary alicyclic amines) is 2. The maximum absolute atomic E-state index is 15.0. The maximum Gasteiger partial charge on any atom is 0.416 e. The molecule has 2 unspecified atom stereocenters. The number of esters is 1. The van der Waals surface area contributed by atoms with Gasteiger partial charge < -0.3 is 46.6 Å². The van der Waals surface area contributed by atoms with Gasteiger partial charge in [-0.25, -0.2) is 8.78 Å². The van der Waals surface area contributed by atoms with Gasteiger partial charge in [0.15, 0.2) is 0 Å². The molecule has 4 fully saturated rings. The van der Waals surface area contributed by atoms with Gasteiger partial charge in [0.05, 0.1) is 52.8 Å². The summed E-state index contributed by atoms with van der Waals surface area (Å²) in [7, 11) is 0. The highest BCUT2D eigenvalue weighted by atomic mass is 19.4. The SMILES string of the molecule is Cc1cccc(F)c1C(=O)N1CCCC(C(=O)Nc2ccc(CO)c(C(F)(F)F)c2)C1c1ccc(NC2CCCC2)cc1.Cc1cccc(F)c1C(=O)N1CCC[C@H](C(=O)Nc2ccc(COC(=O)[C@@H](C)N)c(C(F)(F)F)c2)[C@@H]1c1ccc(NC2CCCC2)cc1. The van der Waals surface area contributed by atoms with Crippen molar-refractivity contribution in [2.45, 2.75) is 154 Å². The summed E-state index contributed by atoms with van der Waals surface area (Å²) in [5.41, 5.74) is 6.46. The lowest BCUT2D eigenvalue weighted by atomic mass is 9.83. The average molecular weight is 1270 g/mol. The molecule has 4 amide bonds. The summed E-state index contributed by atoms with van der Waals surface area (Å²) in [4.78, 5) is 70.3. The predicted octanol–water partition coefficient (Wildman–Crippen LogP) is 14.4. The van der Waals surface area contributed by atoms with E-state index >= 15 is 4.39 Å². The van der Waals surface area contributed by atoms with E-state index in [9.17, 15) is 59.8 Å². The number of nitrogens with zero attached hydrogens (tertiary/aromatic N) is 2. The number of hydrogen-bond acceptors (Lipinski definition) is 10. The van der Waals surface area contributed by atoms with Crippen LogP contribution in [-0.2, 0) is 44.7 Å². The smallest absolute Gasteiger partial charge is 0.416 e. The Balaban J connectivity index is 0.000000217. The van der Waals surface area contributed by atoms with Crippen LogP contribution in [0.5, 0.6) is 0 Å². The van der Waals surface area contributed by atoms with Gasteiger partial charge in [-0.1, -0.05) is 86.3 Å². The summed E-state index contributed by atoms with van der Waals surface area (Å²) in [6, 6.07) is 28.4. The highest BCUT2D eigenvalue weighted by Crippen LogP contribution is 2.43. The molecule has 0 bridgehead atoms. The number of aryl methyl sites for hydroxylation is 2. The first-order chi connectivity index (χ1) is 43.4. The number of aliphatic hydroxyl groups is 1. The van der Waals surface area contributed by atoms with Crippen molar-refractivity contribution in [2.24, 2.45) is 17.6 Å². The van der Waals surface area contributed by atoms with Crippen molar-refractivity contribution in [1.82, 2.24) is 9.80 Å². The third-order valence-electron chi connectivity index (χ3n) is 17.6. The van der Waals surface area contributed by atoms with Gasteiger partial charge in [0.2, 0.25) is 11.8 Å². The molecule has 2 saturated carbocycles. The summed E-state index contributed by atoms with van der Waals surface area (Å²) in [5.74, 6) is -6.09. The van der Waals surface area contributed by atoms with Gasteiger partial charge in [-0.05, 0) is 161 Å². The molecule has 4 aliphatic rings. The molecule has 0 aromatic heterocycles. The fraction of sp³-hybridized carbons (Fsp3) is 0.406. The standard InChI is InChI=1S/C36H40F4N4O4.C33H35F4N3O3/c1-21-7-5-11-30(37)31(21)34(46)44-18-6-10-28(32(44)23-12-15-26(16-13-23)42-25-8-3-4-9-25)33(45)43-27-17-14-24(20-48-35(47)22(2)41)29(19-27)36(38,39)40;1-20-6-4-10-28(34)29(20)32(43)40-17-5-9-26(30(40)21-11-14-24(15-12-21)38-23-7-2-3-8-23)31(42)39-25-16-13-22(19-41)27(18-25)33(35,36)37/h5,7,11-17,19,22,25,28,32,42H,3-4,6,8-10,18,20,41H2,1-2H3,(H,43,45);4,6,10-16,18,23,26,30,38,41H,2-3,5,7-9,17,19H2,1H3,(H,39,42)/t22-,28+,32+;/m1./s1. The molecule has 14 nitrogen and oxygen atoms in total. The number of alkyl halides is 6. The highest BCUT2D eigenvalue weighted by molar-refractivity contribution is 5.99. The number of nitrogens with two attached hydrogens (primary N) is 1. The summed E-state index contributed by atoms with van der Waals surface area (Å²) < 4.78 is 118. The second kappa shape index (κ2) is 29.3. The van der Waals surface area contributed by atoms with Crippen LogP contribution in [0.3, 0.4) is 0 Å². The van der Waals surface area contributed by atoms with E-state index in [4.69, 9.17) is 10.5 Å². The number of rotatable bonds is 16. The van der Waals surface area contributed by atoms with Crippen LogP contribution >= 0.6 is 0 Å². The Labute approximate surface area is 523 Å². The minimum atomic E-state index is -4.81. The summed E-state index contributed by atoms with van der Waals surface area (Å²) in [5, 5.41) is 21.7. The second-order valence-electron chi connectivity index (χ2n) is 24.0.